The molecule has 0 unspecified atom stereocenters. The molecular weight excluding hydrogens is 381 g/mol. The smallest absolute Gasteiger partial charge is 0.279 e. The minimum absolute atomic E-state index is 0.103. The summed E-state index contributed by atoms with van der Waals surface area (Å²) in [7, 11) is 0. The van der Waals surface area contributed by atoms with Crippen LogP contribution in [-0.2, 0) is 4.79 Å². The first-order valence-corrected chi connectivity index (χ1v) is 9.24. The van der Waals surface area contributed by atoms with Gasteiger partial charge < -0.3 is 15.1 Å². The highest BCUT2D eigenvalue weighted by atomic mass is 35.5. The molecule has 3 rings (SSSR count). The summed E-state index contributed by atoms with van der Waals surface area (Å²) in [5, 5.41) is 3.93. The zero-order chi connectivity index (χ0) is 17.8. The Balaban J connectivity index is 1.53. The quantitative estimate of drug-likeness (QED) is 0.829. The standard InChI is InChI=1S/C18H18Cl3N3O/c19-13-10-15(20)18(16(21)11-13)22-17(25)12-23-6-8-24(9-7-23)14-4-2-1-3-5-14/h1-5,10-11H,6-9,12H2,(H,22,25)/p+1. The number of anilines is 2. The molecular formula is C18H19Cl3N3O+. The van der Waals surface area contributed by atoms with E-state index in [1.54, 1.807) is 12.1 Å². The summed E-state index contributed by atoms with van der Waals surface area (Å²) >= 11 is 18.1. The predicted octanol–water partition coefficient (Wildman–Crippen LogP) is 2.99. The zero-order valence-corrected chi connectivity index (χ0v) is 15.8. The van der Waals surface area contributed by atoms with Gasteiger partial charge in [-0.2, -0.15) is 0 Å². The van der Waals surface area contributed by atoms with E-state index >= 15 is 0 Å². The highest BCUT2D eigenvalue weighted by Crippen LogP contribution is 2.33. The van der Waals surface area contributed by atoms with Gasteiger partial charge in [0, 0.05) is 10.7 Å². The average molecular weight is 400 g/mol. The molecule has 0 radical (unpaired) electrons. The van der Waals surface area contributed by atoms with Crippen molar-refractivity contribution >= 4 is 52.1 Å². The van der Waals surface area contributed by atoms with Gasteiger partial charge in [0.1, 0.15) is 0 Å². The van der Waals surface area contributed by atoms with Crippen LogP contribution in [0, 0.1) is 0 Å². The maximum absolute atomic E-state index is 12.3. The first kappa shape index (κ1) is 18.3. The maximum Gasteiger partial charge on any atom is 0.279 e. The molecule has 2 aromatic carbocycles. The van der Waals surface area contributed by atoms with Crippen LogP contribution in [0.25, 0.3) is 0 Å². The normalized spacial score (nSPS) is 15.2. The van der Waals surface area contributed by atoms with Gasteiger partial charge >= 0.3 is 0 Å². The van der Waals surface area contributed by atoms with Gasteiger partial charge in [0.15, 0.2) is 6.54 Å². The number of piperazine rings is 1. The number of para-hydroxylation sites is 1. The summed E-state index contributed by atoms with van der Waals surface area (Å²) in [5.74, 6) is -0.103. The summed E-state index contributed by atoms with van der Waals surface area (Å²) in [5.41, 5.74) is 1.64. The molecule has 1 aliphatic rings. The van der Waals surface area contributed by atoms with Gasteiger partial charge in [0.2, 0.25) is 0 Å². The van der Waals surface area contributed by atoms with Crippen LogP contribution in [0.3, 0.4) is 0 Å². The number of benzene rings is 2. The highest BCUT2D eigenvalue weighted by molar-refractivity contribution is 6.42. The second kappa shape index (κ2) is 8.28. The van der Waals surface area contributed by atoms with Crippen molar-refractivity contribution in [2.24, 2.45) is 0 Å². The number of carbonyl (C=O) groups is 1. The van der Waals surface area contributed by atoms with E-state index in [2.05, 4.69) is 22.3 Å². The van der Waals surface area contributed by atoms with Crippen LogP contribution in [0.5, 0.6) is 0 Å². The number of nitrogens with one attached hydrogen (secondary N) is 2. The lowest BCUT2D eigenvalue weighted by atomic mass is 10.2. The predicted molar refractivity (Wildman–Crippen MR) is 104 cm³/mol. The Labute approximate surface area is 162 Å². The Kier molecular flexibility index (Phi) is 6.07. The second-order valence-electron chi connectivity index (χ2n) is 6.04. The fraction of sp³-hybridized carbons (Fsp3) is 0.278. The van der Waals surface area contributed by atoms with Crippen LogP contribution < -0.4 is 15.1 Å². The van der Waals surface area contributed by atoms with Gasteiger partial charge in [-0.3, -0.25) is 4.79 Å². The SMILES string of the molecule is O=C(C[NH+]1CCN(c2ccccc2)CC1)Nc1c(Cl)cc(Cl)cc1Cl. The Morgan fingerprint density at radius 2 is 1.64 bits per heavy atom. The molecule has 2 aromatic rings. The third-order valence-corrected chi connectivity index (χ3v) is 5.09. The lowest BCUT2D eigenvalue weighted by molar-refractivity contribution is -0.892. The van der Waals surface area contributed by atoms with Crippen LogP contribution in [0.2, 0.25) is 15.1 Å². The fourth-order valence-electron chi connectivity index (χ4n) is 2.97. The van der Waals surface area contributed by atoms with Gasteiger partial charge in [0.05, 0.1) is 41.9 Å². The minimum atomic E-state index is -0.103. The number of hydrogen-bond acceptors (Lipinski definition) is 2. The van der Waals surface area contributed by atoms with E-state index in [1.807, 2.05) is 18.2 Å². The fourth-order valence-corrected chi connectivity index (χ4v) is 3.88. The minimum Gasteiger partial charge on any atom is -0.360 e. The Morgan fingerprint density at radius 1 is 1.04 bits per heavy atom. The molecule has 1 amide bonds. The lowest BCUT2D eigenvalue weighted by Gasteiger charge is -2.33. The lowest BCUT2D eigenvalue weighted by Crippen LogP contribution is -3.15. The first-order valence-electron chi connectivity index (χ1n) is 8.11. The van der Waals surface area contributed by atoms with Crippen molar-refractivity contribution in [1.82, 2.24) is 0 Å². The number of rotatable bonds is 4. The molecule has 0 aliphatic carbocycles. The van der Waals surface area contributed by atoms with Crippen molar-refractivity contribution in [1.29, 1.82) is 0 Å². The van der Waals surface area contributed by atoms with E-state index in [9.17, 15) is 4.79 Å². The number of halogens is 3. The first-order chi connectivity index (χ1) is 12.0. The third kappa shape index (κ3) is 4.79. The van der Waals surface area contributed by atoms with Crippen molar-refractivity contribution in [3.8, 4) is 0 Å². The molecule has 0 spiro atoms. The van der Waals surface area contributed by atoms with Crippen LogP contribution in [0.4, 0.5) is 11.4 Å². The summed E-state index contributed by atoms with van der Waals surface area (Å²) < 4.78 is 0. The monoisotopic (exact) mass is 398 g/mol. The summed E-state index contributed by atoms with van der Waals surface area (Å²) in [6, 6.07) is 13.5. The molecule has 2 N–H and O–H groups in total. The largest absolute Gasteiger partial charge is 0.360 e. The van der Waals surface area contributed by atoms with E-state index in [1.165, 1.54) is 10.6 Å². The van der Waals surface area contributed by atoms with Crippen LogP contribution in [0.15, 0.2) is 42.5 Å². The molecule has 1 fully saturated rings. The molecule has 0 aromatic heterocycles. The van der Waals surface area contributed by atoms with Crippen molar-refractivity contribution in [3.63, 3.8) is 0 Å². The third-order valence-electron chi connectivity index (χ3n) is 4.27. The van der Waals surface area contributed by atoms with Crippen molar-refractivity contribution in [2.75, 3.05) is 42.9 Å². The van der Waals surface area contributed by atoms with Crippen molar-refractivity contribution < 1.29 is 9.69 Å². The number of carbonyl (C=O) groups excluding carboxylic acids is 1. The maximum atomic E-state index is 12.3. The van der Waals surface area contributed by atoms with Gasteiger partial charge in [0.25, 0.3) is 5.91 Å². The molecule has 4 nitrogen and oxygen atoms in total. The summed E-state index contributed by atoms with van der Waals surface area (Å²) in [4.78, 5) is 15.9. The Hall–Kier alpha value is -1.46. The van der Waals surface area contributed by atoms with Gasteiger partial charge in [-0.15, -0.1) is 0 Å². The topological polar surface area (TPSA) is 36.8 Å². The Bertz CT molecular complexity index is 723. The van der Waals surface area contributed by atoms with Crippen LogP contribution >= 0.6 is 34.8 Å². The molecule has 0 saturated carbocycles. The second-order valence-corrected chi connectivity index (χ2v) is 7.29. The number of hydrogen-bond donors (Lipinski definition) is 2. The average Bonchev–Trinajstić information content (AvgIpc) is 2.59. The molecule has 132 valence electrons. The zero-order valence-electron chi connectivity index (χ0n) is 13.6. The van der Waals surface area contributed by atoms with E-state index in [0.717, 1.165) is 26.2 Å². The number of amides is 1. The number of nitrogens with zero attached hydrogens (tertiary/aromatic N) is 1. The molecule has 0 bridgehead atoms. The molecule has 1 saturated heterocycles. The van der Waals surface area contributed by atoms with Gasteiger partial charge in [-0.05, 0) is 24.3 Å². The van der Waals surface area contributed by atoms with Crippen molar-refractivity contribution in [3.05, 3.63) is 57.5 Å². The number of quaternary nitrogens is 1. The van der Waals surface area contributed by atoms with E-state index in [0.29, 0.717) is 27.3 Å². The summed E-state index contributed by atoms with van der Waals surface area (Å²) in [6.07, 6.45) is 0. The molecule has 1 heterocycles. The Morgan fingerprint density at radius 3 is 2.24 bits per heavy atom. The van der Waals surface area contributed by atoms with Gasteiger partial charge in [-0.25, -0.2) is 0 Å². The molecule has 25 heavy (non-hydrogen) atoms. The highest BCUT2D eigenvalue weighted by Gasteiger charge is 2.23. The van der Waals surface area contributed by atoms with Crippen LogP contribution in [0.1, 0.15) is 0 Å². The van der Waals surface area contributed by atoms with E-state index < -0.39 is 0 Å². The summed E-state index contributed by atoms with van der Waals surface area (Å²) in [6.45, 7) is 4.05. The molecule has 0 atom stereocenters. The van der Waals surface area contributed by atoms with E-state index in [4.69, 9.17) is 34.8 Å². The van der Waals surface area contributed by atoms with Crippen molar-refractivity contribution in [2.45, 2.75) is 0 Å². The van der Waals surface area contributed by atoms with Crippen LogP contribution in [-0.4, -0.2) is 38.6 Å². The van der Waals surface area contributed by atoms with Gasteiger partial charge in [-0.1, -0.05) is 53.0 Å². The van der Waals surface area contributed by atoms with E-state index in [-0.39, 0.29) is 5.91 Å². The molecule has 1 aliphatic heterocycles. The molecule has 7 heteroatoms.